The topological polar surface area (TPSA) is 34.9 Å². The number of para-hydroxylation sites is 1. The Labute approximate surface area is 111 Å². The lowest BCUT2D eigenvalue weighted by Gasteiger charge is -2.10. The fraction of sp³-hybridized carbons (Fsp3) is 0.286. The van der Waals surface area contributed by atoms with E-state index >= 15 is 0 Å². The Morgan fingerprint density at radius 2 is 2.11 bits per heavy atom. The van der Waals surface area contributed by atoms with E-state index in [1.54, 1.807) is 22.9 Å². The third kappa shape index (κ3) is 2.18. The van der Waals surface area contributed by atoms with Gasteiger partial charge in [-0.15, -0.1) is 0 Å². The average Bonchev–Trinajstić information content (AvgIpc) is 2.81. The van der Waals surface area contributed by atoms with Crippen LogP contribution in [0, 0.1) is 0 Å². The van der Waals surface area contributed by atoms with E-state index in [9.17, 15) is 4.79 Å². The molecule has 0 radical (unpaired) electrons. The third-order valence-corrected chi connectivity index (χ3v) is 3.22. The number of aryl methyl sites for hydroxylation is 2. The van der Waals surface area contributed by atoms with Gasteiger partial charge in [-0.1, -0.05) is 31.5 Å². The predicted octanol–water partition coefficient (Wildman–Crippen LogP) is 3.46. The maximum atomic E-state index is 11.1. The van der Waals surface area contributed by atoms with Crippen LogP contribution in [-0.2, 0) is 12.8 Å². The van der Waals surface area contributed by atoms with E-state index in [0.717, 1.165) is 30.5 Å². The van der Waals surface area contributed by atoms with Crippen LogP contribution in [0.1, 0.15) is 35.6 Å². The first-order valence-corrected chi connectivity index (χ1v) is 6.40. The minimum absolute atomic E-state index is 0.542. The fourth-order valence-corrected chi connectivity index (χ4v) is 2.21. The molecule has 0 atom stereocenters. The molecule has 0 saturated carbocycles. The zero-order chi connectivity index (χ0) is 13.1. The maximum absolute atomic E-state index is 11.1. The second kappa shape index (κ2) is 5.36. The first kappa shape index (κ1) is 12.8. The molecule has 94 valence electrons. The van der Waals surface area contributed by atoms with Crippen LogP contribution < -0.4 is 0 Å². The summed E-state index contributed by atoms with van der Waals surface area (Å²) < 4.78 is 1.78. The molecular formula is C14H15ClN2O. The Morgan fingerprint density at radius 3 is 2.72 bits per heavy atom. The monoisotopic (exact) mass is 262 g/mol. The van der Waals surface area contributed by atoms with E-state index < -0.39 is 0 Å². The van der Waals surface area contributed by atoms with E-state index in [4.69, 9.17) is 11.6 Å². The molecule has 4 heteroatoms. The van der Waals surface area contributed by atoms with Crippen molar-refractivity contribution in [2.45, 2.75) is 26.7 Å². The molecule has 0 aliphatic carbocycles. The van der Waals surface area contributed by atoms with Crippen LogP contribution in [0.4, 0.5) is 0 Å². The normalized spacial score (nSPS) is 10.6. The van der Waals surface area contributed by atoms with Gasteiger partial charge in [0.05, 0.1) is 16.4 Å². The minimum atomic E-state index is 0.542. The van der Waals surface area contributed by atoms with Gasteiger partial charge >= 0.3 is 0 Å². The first-order chi connectivity index (χ1) is 8.71. The minimum Gasteiger partial charge on any atom is -0.298 e. The summed E-state index contributed by atoms with van der Waals surface area (Å²) in [5.74, 6) is 0. The second-order valence-corrected chi connectivity index (χ2v) is 4.45. The summed E-state index contributed by atoms with van der Waals surface area (Å²) in [5.41, 5.74) is 3.29. The molecule has 0 fully saturated rings. The number of rotatable bonds is 4. The van der Waals surface area contributed by atoms with Crippen LogP contribution in [0.5, 0.6) is 0 Å². The predicted molar refractivity (Wildman–Crippen MR) is 72.7 cm³/mol. The van der Waals surface area contributed by atoms with Gasteiger partial charge in [0.2, 0.25) is 0 Å². The number of hydrogen-bond acceptors (Lipinski definition) is 2. The van der Waals surface area contributed by atoms with Gasteiger partial charge in [0, 0.05) is 11.3 Å². The van der Waals surface area contributed by atoms with Crippen LogP contribution in [0.2, 0.25) is 5.02 Å². The van der Waals surface area contributed by atoms with Crippen molar-refractivity contribution in [3.63, 3.8) is 0 Å². The van der Waals surface area contributed by atoms with E-state index in [1.165, 1.54) is 0 Å². The number of carbonyl (C=O) groups excluding carboxylic acids is 1. The van der Waals surface area contributed by atoms with Gasteiger partial charge < -0.3 is 0 Å². The summed E-state index contributed by atoms with van der Waals surface area (Å²) in [6.07, 6.45) is 2.52. The molecule has 0 spiro atoms. The van der Waals surface area contributed by atoms with Crippen molar-refractivity contribution in [2.24, 2.45) is 0 Å². The summed E-state index contributed by atoms with van der Waals surface area (Å²) in [7, 11) is 0. The molecular weight excluding hydrogens is 248 g/mol. The van der Waals surface area contributed by atoms with Crippen molar-refractivity contribution < 1.29 is 4.79 Å². The number of aromatic nitrogens is 2. The smallest absolute Gasteiger partial charge is 0.152 e. The quantitative estimate of drug-likeness (QED) is 0.791. The molecule has 1 aromatic heterocycles. The molecule has 2 aromatic rings. The lowest BCUT2D eigenvalue weighted by molar-refractivity contribution is 0.112. The summed E-state index contributed by atoms with van der Waals surface area (Å²) >= 11 is 6.20. The van der Waals surface area contributed by atoms with E-state index in [2.05, 4.69) is 25.0 Å². The molecule has 0 N–H and O–H groups in total. The summed E-state index contributed by atoms with van der Waals surface area (Å²) in [6, 6.07) is 7.35. The molecule has 3 nitrogen and oxygen atoms in total. The van der Waals surface area contributed by atoms with Crippen LogP contribution in [-0.4, -0.2) is 16.1 Å². The highest BCUT2D eigenvalue weighted by atomic mass is 35.5. The Hall–Kier alpha value is -1.61. The van der Waals surface area contributed by atoms with Gasteiger partial charge in [-0.2, -0.15) is 5.10 Å². The van der Waals surface area contributed by atoms with Gasteiger partial charge in [0.1, 0.15) is 0 Å². The highest BCUT2D eigenvalue weighted by Gasteiger charge is 2.14. The van der Waals surface area contributed by atoms with Gasteiger partial charge in [-0.3, -0.25) is 4.79 Å². The van der Waals surface area contributed by atoms with E-state index in [-0.39, 0.29) is 0 Å². The van der Waals surface area contributed by atoms with Gasteiger partial charge in [0.15, 0.2) is 6.29 Å². The molecule has 2 rings (SSSR count). The van der Waals surface area contributed by atoms with Crippen molar-refractivity contribution >= 4 is 17.9 Å². The standard InChI is InChI=1S/C14H15ClN2O/c1-3-11-8-12(4-2)17(16-11)14-10(9-18)6-5-7-13(14)15/h5-9H,3-4H2,1-2H3. The van der Waals surface area contributed by atoms with Gasteiger partial charge in [0.25, 0.3) is 0 Å². The van der Waals surface area contributed by atoms with E-state index in [0.29, 0.717) is 16.3 Å². The van der Waals surface area contributed by atoms with Gasteiger partial charge in [-0.25, -0.2) is 4.68 Å². The first-order valence-electron chi connectivity index (χ1n) is 6.03. The molecule has 1 aromatic carbocycles. The Morgan fingerprint density at radius 1 is 1.33 bits per heavy atom. The van der Waals surface area contributed by atoms with Crippen molar-refractivity contribution in [2.75, 3.05) is 0 Å². The lowest BCUT2D eigenvalue weighted by atomic mass is 10.2. The van der Waals surface area contributed by atoms with Crippen LogP contribution >= 0.6 is 11.6 Å². The maximum Gasteiger partial charge on any atom is 0.152 e. The fourth-order valence-electron chi connectivity index (χ4n) is 1.94. The molecule has 0 aliphatic heterocycles. The zero-order valence-electron chi connectivity index (χ0n) is 10.5. The molecule has 0 aliphatic rings. The third-order valence-electron chi connectivity index (χ3n) is 2.91. The Bertz CT molecular complexity index is 575. The number of carbonyl (C=O) groups is 1. The largest absolute Gasteiger partial charge is 0.298 e. The molecule has 0 bridgehead atoms. The summed E-state index contributed by atoms with van der Waals surface area (Å²) in [4.78, 5) is 11.1. The summed E-state index contributed by atoms with van der Waals surface area (Å²) in [5, 5.41) is 5.05. The highest BCUT2D eigenvalue weighted by Crippen LogP contribution is 2.25. The van der Waals surface area contributed by atoms with Crippen molar-refractivity contribution in [3.8, 4) is 5.69 Å². The number of benzene rings is 1. The van der Waals surface area contributed by atoms with Crippen molar-refractivity contribution in [1.29, 1.82) is 0 Å². The van der Waals surface area contributed by atoms with Crippen LogP contribution in [0.25, 0.3) is 5.69 Å². The summed E-state index contributed by atoms with van der Waals surface area (Å²) in [6.45, 7) is 4.11. The van der Waals surface area contributed by atoms with Crippen LogP contribution in [0.15, 0.2) is 24.3 Å². The molecule has 18 heavy (non-hydrogen) atoms. The molecule has 0 amide bonds. The Balaban J connectivity index is 2.67. The number of nitrogens with zero attached hydrogens (tertiary/aromatic N) is 2. The molecule has 0 saturated heterocycles. The zero-order valence-corrected chi connectivity index (χ0v) is 11.2. The molecule has 1 heterocycles. The number of aldehydes is 1. The van der Waals surface area contributed by atoms with Crippen molar-refractivity contribution in [3.05, 3.63) is 46.2 Å². The highest BCUT2D eigenvalue weighted by molar-refractivity contribution is 6.32. The average molecular weight is 263 g/mol. The van der Waals surface area contributed by atoms with Gasteiger partial charge in [-0.05, 0) is 31.0 Å². The number of hydrogen-bond donors (Lipinski definition) is 0. The SMILES string of the molecule is CCc1cc(CC)n(-c2c(Cl)cccc2C=O)n1. The second-order valence-electron chi connectivity index (χ2n) is 4.04. The lowest BCUT2D eigenvalue weighted by Crippen LogP contribution is -2.05. The van der Waals surface area contributed by atoms with Crippen molar-refractivity contribution in [1.82, 2.24) is 9.78 Å². The molecule has 0 unspecified atom stereocenters. The van der Waals surface area contributed by atoms with E-state index in [1.807, 2.05) is 0 Å². The number of halogens is 1. The van der Waals surface area contributed by atoms with Crippen LogP contribution in [0.3, 0.4) is 0 Å². The Kier molecular flexibility index (Phi) is 3.82.